The first kappa shape index (κ1) is 21.5. The summed E-state index contributed by atoms with van der Waals surface area (Å²) in [6, 6.07) is 9.79. The van der Waals surface area contributed by atoms with Crippen LogP contribution in [-0.2, 0) is 11.2 Å². The number of rotatable bonds is 8. The maximum Gasteiger partial charge on any atom is 0.336 e. The molecule has 0 unspecified atom stereocenters. The fourth-order valence-corrected chi connectivity index (χ4v) is 3.30. The summed E-state index contributed by atoms with van der Waals surface area (Å²) in [5, 5.41) is 3.92. The summed E-state index contributed by atoms with van der Waals surface area (Å²) in [7, 11) is 2.95. The Balaban J connectivity index is 1.73. The molecular weight excluding hydrogens is 410 g/mol. The first-order chi connectivity index (χ1) is 14.4. The number of nitrogens with one attached hydrogen (secondary N) is 1. The number of carbonyl (C=O) groups is 1. The van der Waals surface area contributed by atoms with Gasteiger partial charge in [-0.3, -0.25) is 4.79 Å². The van der Waals surface area contributed by atoms with E-state index in [4.69, 9.17) is 30.2 Å². The topological polar surface area (TPSA) is 87.0 Å². The van der Waals surface area contributed by atoms with Crippen LogP contribution in [-0.4, -0.2) is 26.7 Å². The van der Waals surface area contributed by atoms with Crippen molar-refractivity contribution in [1.29, 1.82) is 0 Å². The van der Waals surface area contributed by atoms with Crippen LogP contribution in [0.4, 0.5) is 5.69 Å². The first-order valence-electron chi connectivity index (χ1n) is 9.36. The quantitative estimate of drug-likeness (QED) is 0.531. The van der Waals surface area contributed by atoms with E-state index in [1.54, 1.807) is 24.3 Å². The molecule has 0 spiro atoms. The number of carbonyl (C=O) groups excluding carboxylic acids is 1. The van der Waals surface area contributed by atoms with Crippen LogP contribution >= 0.6 is 11.6 Å². The van der Waals surface area contributed by atoms with Crippen molar-refractivity contribution in [3.05, 3.63) is 57.4 Å². The minimum atomic E-state index is -0.412. The predicted octanol–water partition coefficient (Wildman–Crippen LogP) is 4.43. The smallest absolute Gasteiger partial charge is 0.336 e. The summed E-state index contributed by atoms with van der Waals surface area (Å²) in [6.07, 6.45) is 1.69. The van der Waals surface area contributed by atoms with Gasteiger partial charge in [-0.1, -0.05) is 24.9 Å². The molecule has 8 heteroatoms. The summed E-state index contributed by atoms with van der Waals surface area (Å²) in [6.45, 7) is 1.79. The normalized spacial score (nSPS) is 10.7. The van der Waals surface area contributed by atoms with Crippen LogP contribution in [0.2, 0.25) is 5.02 Å². The fourth-order valence-electron chi connectivity index (χ4n) is 3.07. The molecule has 0 aliphatic carbocycles. The Morgan fingerprint density at radius 3 is 2.57 bits per heavy atom. The first-order valence-corrected chi connectivity index (χ1v) is 9.74. The summed E-state index contributed by atoms with van der Waals surface area (Å²) in [5.74, 6) is 0.806. The Kier molecular flexibility index (Phi) is 6.84. The molecule has 0 bridgehead atoms. The van der Waals surface area contributed by atoms with E-state index in [2.05, 4.69) is 5.32 Å². The minimum absolute atomic E-state index is 0.252. The zero-order valence-corrected chi connectivity index (χ0v) is 17.7. The second-order valence-corrected chi connectivity index (χ2v) is 6.93. The second kappa shape index (κ2) is 9.54. The lowest BCUT2D eigenvalue weighted by molar-refractivity contribution is -0.118. The van der Waals surface area contributed by atoms with E-state index in [-0.39, 0.29) is 6.61 Å². The van der Waals surface area contributed by atoms with E-state index in [0.29, 0.717) is 33.5 Å². The van der Waals surface area contributed by atoms with Crippen LogP contribution in [0.15, 0.2) is 45.6 Å². The van der Waals surface area contributed by atoms with Gasteiger partial charge in [0.15, 0.2) is 6.61 Å². The van der Waals surface area contributed by atoms with Crippen molar-refractivity contribution in [2.75, 3.05) is 26.1 Å². The fraction of sp³-hybridized carbons (Fsp3) is 0.273. The van der Waals surface area contributed by atoms with Crippen molar-refractivity contribution in [3.8, 4) is 17.2 Å². The Morgan fingerprint density at radius 2 is 1.87 bits per heavy atom. The number of methoxy groups -OCH3 is 2. The zero-order chi connectivity index (χ0) is 21.7. The summed E-state index contributed by atoms with van der Waals surface area (Å²) >= 11 is 6.07. The molecule has 0 saturated carbocycles. The maximum atomic E-state index is 12.4. The minimum Gasteiger partial charge on any atom is -0.495 e. The van der Waals surface area contributed by atoms with Gasteiger partial charge in [-0.2, -0.15) is 0 Å². The van der Waals surface area contributed by atoms with Crippen LogP contribution in [0, 0.1) is 0 Å². The number of aryl methyl sites for hydroxylation is 1. The lowest BCUT2D eigenvalue weighted by atomic mass is 10.1. The molecule has 0 fully saturated rings. The Morgan fingerprint density at radius 1 is 1.10 bits per heavy atom. The van der Waals surface area contributed by atoms with Crippen LogP contribution < -0.4 is 25.2 Å². The van der Waals surface area contributed by atoms with Crippen molar-refractivity contribution >= 4 is 34.2 Å². The lowest BCUT2D eigenvalue weighted by Gasteiger charge is -2.13. The van der Waals surface area contributed by atoms with Crippen molar-refractivity contribution in [2.45, 2.75) is 19.8 Å². The molecule has 158 valence electrons. The molecule has 1 amide bonds. The molecule has 0 saturated heterocycles. The summed E-state index contributed by atoms with van der Waals surface area (Å²) in [5.41, 5.74) is 1.34. The zero-order valence-electron chi connectivity index (χ0n) is 16.9. The molecule has 3 rings (SSSR count). The highest BCUT2D eigenvalue weighted by Gasteiger charge is 2.13. The molecule has 1 heterocycles. The van der Waals surface area contributed by atoms with Crippen molar-refractivity contribution in [1.82, 2.24) is 0 Å². The van der Waals surface area contributed by atoms with Gasteiger partial charge in [0.25, 0.3) is 5.91 Å². The average Bonchev–Trinajstić information content (AvgIpc) is 2.73. The Hall–Kier alpha value is -3.19. The predicted molar refractivity (Wildman–Crippen MR) is 115 cm³/mol. The number of ether oxygens (including phenoxy) is 3. The van der Waals surface area contributed by atoms with Crippen molar-refractivity contribution in [3.63, 3.8) is 0 Å². The van der Waals surface area contributed by atoms with E-state index < -0.39 is 11.5 Å². The van der Waals surface area contributed by atoms with Crippen LogP contribution in [0.5, 0.6) is 17.2 Å². The molecule has 0 aliphatic rings. The van der Waals surface area contributed by atoms with Gasteiger partial charge in [0, 0.05) is 29.7 Å². The van der Waals surface area contributed by atoms with Gasteiger partial charge in [-0.15, -0.1) is 0 Å². The van der Waals surface area contributed by atoms with Crippen LogP contribution in [0.25, 0.3) is 11.0 Å². The molecule has 2 aromatic carbocycles. The highest BCUT2D eigenvalue weighted by Crippen LogP contribution is 2.35. The van der Waals surface area contributed by atoms with Crippen molar-refractivity contribution < 1.29 is 23.4 Å². The molecular formula is C22H22ClNO6. The third-order valence-corrected chi connectivity index (χ3v) is 4.73. The van der Waals surface area contributed by atoms with E-state index in [1.807, 2.05) is 13.0 Å². The average molecular weight is 432 g/mol. The number of hydrogen-bond donors (Lipinski definition) is 1. The largest absolute Gasteiger partial charge is 0.495 e. The molecule has 0 radical (unpaired) electrons. The Labute approximate surface area is 178 Å². The van der Waals surface area contributed by atoms with Gasteiger partial charge in [-0.25, -0.2) is 4.79 Å². The molecule has 1 N–H and O–H groups in total. The third kappa shape index (κ3) is 4.86. The summed E-state index contributed by atoms with van der Waals surface area (Å²) in [4.78, 5) is 24.1. The monoisotopic (exact) mass is 431 g/mol. The van der Waals surface area contributed by atoms with Gasteiger partial charge in [-0.05, 0) is 24.1 Å². The van der Waals surface area contributed by atoms with Gasteiger partial charge in [0.2, 0.25) is 0 Å². The van der Waals surface area contributed by atoms with Gasteiger partial charge in [0.05, 0.1) is 24.9 Å². The van der Waals surface area contributed by atoms with E-state index in [9.17, 15) is 9.59 Å². The second-order valence-electron chi connectivity index (χ2n) is 6.52. The number of anilines is 1. The molecule has 7 nitrogen and oxygen atoms in total. The maximum absolute atomic E-state index is 12.4. The molecule has 30 heavy (non-hydrogen) atoms. The number of amides is 1. The highest BCUT2D eigenvalue weighted by atomic mass is 35.5. The standard InChI is InChI=1S/C22H22ClNO6/c1-4-5-13-8-22(26)30-18-9-14(6-7-15(13)18)29-12-21(25)24-17-11-19(27-2)16(23)10-20(17)28-3/h6-11H,4-5,12H2,1-3H3,(H,24,25). The molecule has 1 aromatic heterocycles. The number of benzene rings is 2. The number of hydrogen-bond acceptors (Lipinski definition) is 6. The highest BCUT2D eigenvalue weighted by molar-refractivity contribution is 6.32. The SMILES string of the molecule is CCCc1cc(=O)oc2cc(OCC(=O)Nc3cc(OC)c(Cl)cc3OC)ccc12. The molecule has 0 aliphatic heterocycles. The van der Waals surface area contributed by atoms with Gasteiger partial charge >= 0.3 is 5.63 Å². The Bertz CT molecular complexity index is 1120. The van der Waals surface area contributed by atoms with E-state index in [1.165, 1.54) is 20.3 Å². The van der Waals surface area contributed by atoms with Crippen LogP contribution in [0.1, 0.15) is 18.9 Å². The van der Waals surface area contributed by atoms with Gasteiger partial charge < -0.3 is 23.9 Å². The van der Waals surface area contributed by atoms with E-state index >= 15 is 0 Å². The number of fused-ring (bicyclic) bond motifs is 1. The van der Waals surface area contributed by atoms with Gasteiger partial charge in [0.1, 0.15) is 22.8 Å². The molecule has 0 atom stereocenters. The summed E-state index contributed by atoms with van der Waals surface area (Å²) < 4.78 is 21.3. The van der Waals surface area contributed by atoms with E-state index in [0.717, 1.165) is 23.8 Å². The lowest BCUT2D eigenvalue weighted by Crippen LogP contribution is -2.20. The molecule has 3 aromatic rings. The van der Waals surface area contributed by atoms with Crippen molar-refractivity contribution in [2.24, 2.45) is 0 Å². The van der Waals surface area contributed by atoms with Crippen LogP contribution in [0.3, 0.4) is 0 Å². The third-order valence-electron chi connectivity index (χ3n) is 4.44. The number of halogens is 1.